The number of pyridine rings is 1. The second kappa shape index (κ2) is 8.05. The van der Waals surface area contributed by atoms with Gasteiger partial charge in [0.15, 0.2) is 0 Å². The fourth-order valence-corrected chi connectivity index (χ4v) is 6.40. The first-order valence-electron chi connectivity index (χ1n) is 13.6. The zero-order chi connectivity index (χ0) is 26.2. The Kier molecular flexibility index (Phi) is 4.33. The number of aromatic nitrogens is 2. The molecule has 0 aliphatic rings. The molecule has 3 heterocycles. The molecular formula is C37H22N2O. The van der Waals surface area contributed by atoms with Crippen LogP contribution in [0.3, 0.4) is 0 Å². The van der Waals surface area contributed by atoms with Crippen LogP contribution in [0.25, 0.3) is 82.7 Å². The van der Waals surface area contributed by atoms with Crippen molar-refractivity contribution in [3.05, 3.63) is 133 Å². The molecule has 0 unspecified atom stereocenters. The lowest BCUT2D eigenvalue weighted by atomic mass is 9.94. The third-order valence-corrected chi connectivity index (χ3v) is 8.18. The highest BCUT2D eigenvalue weighted by Crippen LogP contribution is 2.43. The molecule has 40 heavy (non-hydrogen) atoms. The van der Waals surface area contributed by atoms with Gasteiger partial charge in [0, 0.05) is 27.1 Å². The monoisotopic (exact) mass is 510 g/mol. The smallest absolute Gasteiger partial charge is 0.138 e. The van der Waals surface area contributed by atoms with E-state index in [-0.39, 0.29) is 0 Å². The van der Waals surface area contributed by atoms with Crippen molar-refractivity contribution in [3.63, 3.8) is 0 Å². The average molecular weight is 511 g/mol. The molecule has 3 nitrogen and oxygen atoms in total. The number of para-hydroxylation sites is 1. The van der Waals surface area contributed by atoms with E-state index in [9.17, 15) is 0 Å². The first-order valence-corrected chi connectivity index (χ1v) is 13.6. The molecule has 3 aromatic heterocycles. The number of nitrogens with zero attached hydrogens (tertiary/aromatic N) is 2. The van der Waals surface area contributed by atoms with Crippen molar-refractivity contribution < 1.29 is 4.42 Å². The molecule has 0 bridgehead atoms. The summed E-state index contributed by atoms with van der Waals surface area (Å²) in [6.45, 7) is 0. The molecule has 0 aliphatic carbocycles. The summed E-state index contributed by atoms with van der Waals surface area (Å²) in [4.78, 5) is 5.14. The molecule has 0 saturated heterocycles. The Bertz CT molecular complexity index is 2380. The van der Waals surface area contributed by atoms with Crippen LogP contribution in [0.4, 0.5) is 0 Å². The van der Waals surface area contributed by atoms with Crippen LogP contribution in [-0.4, -0.2) is 9.55 Å². The highest BCUT2D eigenvalue weighted by atomic mass is 16.3. The molecule has 3 heteroatoms. The molecule has 0 atom stereocenters. The van der Waals surface area contributed by atoms with Gasteiger partial charge in [-0.3, -0.25) is 4.57 Å². The molecule has 9 rings (SSSR count). The van der Waals surface area contributed by atoms with E-state index in [0.717, 1.165) is 44.5 Å². The van der Waals surface area contributed by atoms with Gasteiger partial charge in [-0.15, -0.1) is 0 Å². The quantitative estimate of drug-likeness (QED) is 0.221. The molecule has 0 amide bonds. The summed E-state index contributed by atoms with van der Waals surface area (Å²) in [7, 11) is 0. The van der Waals surface area contributed by atoms with Crippen molar-refractivity contribution in [2.75, 3.05) is 0 Å². The molecule has 0 N–H and O–H groups in total. The van der Waals surface area contributed by atoms with Crippen LogP contribution in [0.1, 0.15) is 0 Å². The standard InChI is InChI=1S/C37H22N2O/c1-2-8-23(9-3-1)30-12-7-15-35(38-30)39-31-13-6-10-24-16-18-28-26(19-20-32(39)37(28)36(24)31)25-17-21-34-29(22-25)27-11-4-5-14-33(27)40-34/h1-22H. The lowest BCUT2D eigenvalue weighted by molar-refractivity contribution is 0.669. The summed E-state index contributed by atoms with van der Waals surface area (Å²) >= 11 is 0. The van der Waals surface area contributed by atoms with Gasteiger partial charge in [0.2, 0.25) is 0 Å². The van der Waals surface area contributed by atoms with Crippen LogP contribution in [0.2, 0.25) is 0 Å². The number of fused-ring (bicyclic) bond motifs is 3. The molecule has 6 aromatic carbocycles. The van der Waals surface area contributed by atoms with Gasteiger partial charge in [-0.1, -0.05) is 91.0 Å². The molecule has 0 fully saturated rings. The Morgan fingerprint density at radius 3 is 2.27 bits per heavy atom. The predicted octanol–water partition coefficient (Wildman–Crippen LogP) is 10.0. The van der Waals surface area contributed by atoms with Crippen molar-refractivity contribution in [2.24, 2.45) is 0 Å². The number of hydrogen-bond donors (Lipinski definition) is 0. The van der Waals surface area contributed by atoms with Crippen molar-refractivity contribution in [1.29, 1.82) is 0 Å². The Morgan fingerprint density at radius 2 is 1.32 bits per heavy atom. The Balaban J connectivity index is 1.32. The summed E-state index contributed by atoms with van der Waals surface area (Å²) in [5.41, 5.74) is 8.65. The normalized spacial score (nSPS) is 12.0. The van der Waals surface area contributed by atoms with Crippen LogP contribution in [0.5, 0.6) is 0 Å². The predicted molar refractivity (Wildman–Crippen MR) is 165 cm³/mol. The lowest BCUT2D eigenvalue weighted by Crippen LogP contribution is -1.98. The van der Waals surface area contributed by atoms with Gasteiger partial charge in [-0.25, -0.2) is 4.98 Å². The van der Waals surface area contributed by atoms with Gasteiger partial charge in [-0.05, 0) is 64.4 Å². The topological polar surface area (TPSA) is 31.0 Å². The molecule has 0 saturated carbocycles. The first-order chi connectivity index (χ1) is 19.8. The van der Waals surface area contributed by atoms with E-state index in [1.54, 1.807) is 0 Å². The summed E-state index contributed by atoms with van der Waals surface area (Å²) in [6, 6.07) is 47.0. The average Bonchev–Trinajstić information content (AvgIpc) is 3.57. The summed E-state index contributed by atoms with van der Waals surface area (Å²) < 4.78 is 8.42. The maximum absolute atomic E-state index is 6.11. The Labute approximate surface area is 229 Å². The van der Waals surface area contributed by atoms with E-state index in [0.29, 0.717) is 0 Å². The molecule has 0 spiro atoms. The van der Waals surface area contributed by atoms with Gasteiger partial charge in [0.25, 0.3) is 0 Å². The molecule has 0 aliphatic heterocycles. The molecular weight excluding hydrogens is 488 g/mol. The maximum atomic E-state index is 6.11. The number of hydrogen-bond acceptors (Lipinski definition) is 2. The fourth-order valence-electron chi connectivity index (χ4n) is 6.40. The third-order valence-electron chi connectivity index (χ3n) is 8.18. The van der Waals surface area contributed by atoms with E-state index in [1.165, 1.54) is 38.2 Å². The van der Waals surface area contributed by atoms with Crippen LogP contribution in [0.15, 0.2) is 138 Å². The number of rotatable bonds is 3. The SMILES string of the molecule is c1ccc(-c2cccc(-n3c4cccc5ccc6c(-c7ccc8oc9ccccc9c8c7)ccc3c6c54)n2)cc1. The van der Waals surface area contributed by atoms with Crippen LogP contribution in [0, 0.1) is 0 Å². The van der Waals surface area contributed by atoms with Gasteiger partial charge in [-0.2, -0.15) is 0 Å². The van der Waals surface area contributed by atoms with E-state index < -0.39 is 0 Å². The third kappa shape index (κ3) is 2.97. The Hall–Kier alpha value is -5.41. The van der Waals surface area contributed by atoms with Crippen LogP contribution in [-0.2, 0) is 0 Å². The number of furan rings is 1. The van der Waals surface area contributed by atoms with E-state index in [2.05, 4.69) is 120 Å². The highest BCUT2D eigenvalue weighted by Gasteiger charge is 2.20. The second-order valence-corrected chi connectivity index (χ2v) is 10.4. The van der Waals surface area contributed by atoms with Crippen LogP contribution < -0.4 is 0 Å². The largest absolute Gasteiger partial charge is 0.456 e. The highest BCUT2D eigenvalue weighted by molar-refractivity contribution is 6.26. The van der Waals surface area contributed by atoms with Gasteiger partial charge >= 0.3 is 0 Å². The Morgan fingerprint density at radius 1 is 0.500 bits per heavy atom. The summed E-state index contributed by atoms with van der Waals surface area (Å²) in [5.74, 6) is 0.922. The van der Waals surface area contributed by atoms with E-state index >= 15 is 0 Å². The lowest BCUT2D eigenvalue weighted by Gasteiger charge is -2.11. The summed E-state index contributed by atoms with van der Waals surface area (Å²) in [6.07, 6.45) is 0. The van der Waals surface area contributed by atoms with E-state index in [4.69, 9.17) is 9.40 Å². The summed E-state index contributed by atoms with van der Waals surface area (Å²) in [5, 5.41) is 7.32. The first kappa shape index (κ1) is 21.5. The van der Waals surface area contributed by atoms with Crippen molar-refractivity contribution in [1.82, 2.24) is 9.55 Å². The maximum Gasteiger partial charge on any atom is 0.138 e. The van der Waals surface area contributed by atoms with Gasteiger partial charge in [0.05, 0.1) is 16.7 Å². The fraction of sp³-hybridized carbons (Fsp3) is 0. The second-order valence-electron chi connectivity index (χ2n) is 10.4. The van der Waals surface area contributed by atoms with Gasteiger partial charge in [0.1, 0.15) is 17.0 Å². The van der Waals surface area contributed by atoms with Crippen molar-refractivity contribution in [2.45, 2.75) is 0 Å². The molecule has 0 radical (unpaired) electrons. The zero-order valence-corrected chi connectivity index (χ0v) is 21.5. The minimum absolute atomic E-state index is 0.915. The molecule has 9 aromatic rings. The minimum atomic E-state index is 0.915. The van der Waals surface area contributed by atoms with Crippen molar-refractivity contribution in [3.8, 4) is 28.2 Å². The van der Waals surface area contributed by atoms with Crippen LogP contribution >= 0.6 is 0 Å². The van der Waals surface area contributed by atoms with Gasteiger partial charge < -0.3 is 4.42 Å². The molecule has 186 valence electrons. The number of benzene rings is 6. The minimum Gasteiger partial charge on any atom is -0.456 e. The van der Waals surface area contributed by atoms with Crippen molar-refractivity contribution >= 4 is 54.5 Å². The van der Waals surface area contributed by atoms with E-state index in [1.807, 2.05) is 18.2 Å². The zero-order valence-electron chi connectivity index (χ0n) is 21.5.